The molecule has 3 aromatic carbocycles. The lowest BCUT2D eigenvalue weighted by Gasteiger charge is -2.13. The minimum Gasteiger partial charge on any atom is -0.293 e. The number of hydrogen-bond acceptors (Lipinski definition) is 4. The second-order valence-electron chi connectivity index (χ2n) is 6.76. The number of carbonyl (C=O) groups is 1. The number of ketones is 1. The first-order chi connectivity index (χ1) is 13.6. The standard InChI is InChI=1S/C24H20N2OS/c1-16-12-14-19(15-13-16)23(27)17(2)28-24-21-11-7-6-10-20(21)22(25-26-24)18-8-4-3-5-9-18/h3-15,17H,1-2H3/t17-/m0/s1. The van der Waals surface area contributed by atoms with Crippen LogP contribution in [0, 0.1) is 6.92 Å². The van der Waals surface area contributed by atoms with Gasteiger partial charge in [0.15, 0.2) is 5.78 Å². The second-order valence-corrected chi connectivity index (χ2v) is 8.09. The molecular formula is C24H20N2OS. The summed E-state index contributed by atoms with van der Waals surface area (Å²) in [6.45, 7) is 3.94. The first-order valence-corrected chi connectivity index (χ1v) is 10.1. The van der Waals surface area contributed by atoms with Gasteiger partial charge in [-0.05, 0) is 13.8 Å². The SMILES string of the molecule is Cc1ccc(C(=O)[C@H](C)Sc2nnc(-c3ccccc3)c3ccccc23)cc1. The molecule has 3 nitrogen and oxygen atoms in total. The van der Waals surface area contributed by atoms with Crippen molar-refractivity contribution in [3.63, 3.8) is 0 Å². The van der Waals surface area contributed by atoms with Crippen LogP contribution in [0.4, 0.5) is 0 Å². The lowest BCUT2D eigenvalue weighted by molar-refractivity contribution is 0.0994. The van der Waals surface area contributed by atoms with Crippen LogP contribution in [0.2, 0.25) is 0 Å². The summed E-state index contributed by atoms with van der Waals surface area (Å²) in [4.78, 5) is 12.8. The van der Waals surface area contributed by atoms with Crippen molar-refractivity contribution in [2.24, 2.45) is 0 Å². The molecule has 4 aromatic rings. The van der Waals surface area contributed by atoms with Crippen LogP contribution >= 0.6 is 11.8 Å². The fourth-order valence-electron chi connectivity index (χ4n) is 3.15. The van der Waals surface area contributed by atoms with Gasteiger partial charge in [0.2, 0.25) is 0 Å². The normalized spacial score (nSPS) is 12.1. The van der Waals surface area contributed by atoms with Crippen LogP contribution in [0.5, 0.6) is 0 Å². The van der Waals surface area contributed by atoms with Gasteiger partial charge in [-0.1, -0.05) is 96.2 Å². The Hall–Kier alpha value is -2.98. The minimum absolute atomic E-state index is 0.100. The highest BCUT2D eigenvalue weighted by atomic mass is 32.2. The monoisotopic (exact) mass is 384 g/mol. The van der Waals surface area contributed by atoms with E-state index >= 15 is 0 Å². The van der Waals surface area contributed by atoms with E-state index in [1.807, 2.05) is 86.6 Å². The summed E-state index contributed by atoms with van der Waals surface area (Å²) in [5.41, 5.74) is 3.76. The molecule has 0 bridgehead atoms. The Balaban J connectivity index is 1.68. The zero-order valence-electron chi connectivity index (χ0n) is 15.8. The summed E-state index contributed by atoms with van der Waals surface area (Å²) in [6, 6.07) is 25.9. The Morgan fingerprint density at radius 2 is 1.46 bits per heavy atom. The van der Waals surface area contributed by atoms with Crippen molar-refractivity contribution in [2.75, 3.05) is 0 Å². The summed E-state index contributed by atoms with van der Waals surface area (Å²) in [5.74, 6) is 0.100. The molecule has 138 valence electrons. The Morgan fingerprint density at radius 3 is 2.18 bits per heavy atom. The quantitative estimate of drug-likeness (QED) is 0.314. The van der Waals surface area contributed by atoms with Crippen LogP contribution in [-0.4, -0.2) is 21.2 Å². The van der Waals surface area contributed by atoms with Crippen molar-refractivity contribution in [1.82, 2.24) is 10.2 Å². The molecule has 0 radical (unpaired) electrons. The van der Waals surface area contributed by atoms with Gasteiger partial charge in [0.1, 0.15) is 10.7 Å². The molecule has 0 fully saturated rings. The third kappa shape index (κ3) is 3.69. The Bertz CT molecular complexity index is 1120. The maximum absolute atomic E-state index is 12.8. The molecule has 0 aliphatic rings. The number of aryl methyl sites for hydroxylation is 1. The Morgan fingerprint density at radius 1 is 0.821 bits per heavy atom. The van der Waals surface area contributed by atoms with Crippen LogP contribution < -0.4 is 0 Å². The van der Waals surface area contributed by atoms with Crippen molar-refractivity contribution in [3.8, 4) is 11.3 Å². The zero-order chi connectivity index (χ0) is 19.5. The van der Waals surface area contributed by atoms with Crippen LogP contribution in [0.1, 0.15) is 22.8 Å². The van der Waals surface area contributed by atoms with E-state index in [4.69, 9.17) is 0 Å². The fourth-order valence-corrected chi connectivity index (χ4v) is 4.12. The molecule has 0 N–H and O–H groups in total. The van der Waals surface area contributed by atoms with Crippen molar-refractivity contribution in [3.05, 3.63) is 90.0 Å². The van der Waals surface area contributed by atoms with Gasteiger partial charge >= 0.3 is 0 Å². The molecule has 28 heavy (non-hydrogen) atoms. The van der Waals surface area contributed by atoms with E-state index in [1.165, 1.54) is 11.8 Å². The van der Waals surface area contributed by atoms with E-state index in [-0.39, 0.29) is 11.0 Å². The number of benzene rings is 3. The highest BCUT2D eigenvalue weighted by molar-refractivity contribution is 8.00. The number of hydrogen-bond donors (Lipinski definition) is 0. The average Bonchev–Trinajstić information content (AvgIpc) is 2.74. The number of nitrogens with zero attached hydrogens (tertiary/aromatic N) is 2. The molecule has 0 amide bonds. The fraction of sp³-hybridized carbons (Fsp3) is 0.125. The number of rotatable bonds is 5. The molecule has 0 spiro atoms. The van der Waals surface area contributed by atoms with Gasteiger partial charge in [0.05, 0.1) is 5.25 Å². The maximum atomic E-state index is 12.8. The van der Waals surface area contributed by atoms with Crippen LogP contribution in [0.15, 0.2) is 83.9 Å². The van der Waals surface area contributed by atoms with Gasteiger partial charge in [-0.2, -0.15) is 0 Å². The second kappa shape index (κ2) is 7.95. The minimum atomic E-state index is -0.247. The molecule has 1 aromatic heterocycles. The number of thioether (sulfide) groups is 1. The topological polar surface area (TPSA) is 42.9 Å². The van der Waals surface area contributed by atoms with Gasteiger partial charge in [-0.25, -0.2) is 0 Å². The molecule has 0 unspecified atom stereocenters. The van der Waals surface area contributed by atoms with Gasteiger partial charge in [-0.15, -0.1) is 10.2 Å². The number of carbonyl (C=O) groups excluding carboxylic acids is 1. The third-order valence-electron chi connectivity index (χ3n) is 4.69. The number of aromatic nitrogens is 2. The molecular weight excluding hydrogens is 364 g/mol. The molecule has 4 heteroatoms. The van der Waals surface area contributed by atoms with Crippen molar-refractivity contribution in [2.45, 2.75) is 24.1 Å². The summed E-state index contributed by atoms with van der Waals surface area (Å²) in [5, 5.41) is 11.6. The lowest BCUT2D eigenvalue weighted by Crippen LogP contribution is -2.14. The van der Waals surface area contributed by atoms with Crippen molar-refractivity contribution >= 4 is 28.3 Å². The van der Waals surface area contributed by atoms with Crippen molar-refractivity contribution in [1.29, 1.82) is 0 Å². The first kappa shape index (κ1) is 18.4. The molecule has 0 saturated carbocycles. The van der Waals surface area contributed by atoms with Gasteiger partial charge in [0, 0.05) is 21.9 Å². The maximum Gasteiger partial charge on any atom is 0.175 e. The van der Waals surface area contributed by atoms with Crippen LogP contribution in [0.25, 0.3) is 22.0 Å². The highest BCUT2D eigenvalue weighted by Crippen LogP contribution is 2.34. The summed E-state index contributed by atoms with van der Waals surface area (Å²) in [6.07, 6.45) is 0. The largest absolute Gasteiger partial charge is 0.293 e. The molecule has 4 rings (SSSR count). The summed E-state index contributed by atoms with van der Waals surface area (Å²) < 4.78 is 0. The van der Waals surface area contributed by atoms with Crippen LogP contribution in [0.3, 0.4) is 0 Å². The third-order valence-corrected chi connectivity index (χ3v) is 5.79. The predicted octanol–water partition coefficient (Wildman–Crippen LogP) is 5.97. The Kier molecular flexibility index (Phi) is 5.22. The number of fused-ring (bicyclic) bond motifs is 1. The van der Waals surface area contributed by atoms with Crippen LogP contribution in [-0.2, 0) is 0 Å². The molecule has 1 heterocycles. The van der Waals surface area contributed by atoms with Gasteiger partial charge in [0.25, 0.3) is 0 Å². The first-order valence-electron chi connectivity index (χ1n) is 9.22. The molecule has 1 atom stereocenters. The molecule has 0 aliphatic carbocycles. The van der Waals surface area contributed by atoms with E-state index < -0.39 is 0 Å². The van der Waals surface area contributed by atoms with E-state index in [0.717, 1.165) is 38.2 Å². The van der Waals surface area contributed by atoms with E-state index in [9.17, 15) is 4.79 Å². The van der Waals surface area contributed by atoms with Crippen molar-refractivity contribution < 1.29 is 4.79 Å². The average molecular weight is 385 g/mol. The Labute approximate surface area is 168 Å². The van der Waals surface area contributed by atoms with E-state index in [1.54, 1.807) is 0 Å². The smallest absolute Gasteiger partial charge is 0.175 e. The molecule has 0 aliphatic heterocycles. The summed E-state index contributed by atoms with van der Waals surface area (Å²) >= 11 is 1.46. The predicted molar refractivity (Wildman–Crippen MR) is 116 cm³/mol. The van der Waals surface area contributed by atoms with E-state index in [2.05, 4.69) is 16.3 Å². The van der Waals surface area contributed by atoms with Gasteiger partial charge in [-0.3, -0.25) is 4.79 Å². The highest BCUT2D eigenvalue weighted by Gasteiger charge is 2.19. The van der Waals surface area contributed by atoms with Gasteiger partial charge < -0.3 is 0 Å². The number of Topliss-reactive ketones (excluding diaryl/α,β-unsaturated/α-hetero) is 1. The summed E-state index contributed by atoms with van der Waals surface area (Å²) in [7, 11) is 0. The lowest BCUT2D eigenvalue weighted by atomic mass is 10.1. The molecule has 0 saturated heterocycles. The zero-order valence-corrected chi connectivity index (χ0v) is 16.6. The van der Waals surface area contributed by atoms with E-state index in [0.29, 0.717) is 0 Å².